The van der Waals surface area contributed by atoms with Crippen LogP contribution in [0.2, 0.25) is 0 Å². The molecule has 12 heteroatoms. The van der Waals surface area contributed by atoms with Gasteiger partial charge in [0.25, 0.3) is 0 Å². The van der Waals surface area contributed by atoms with Gasteiger partial charge in [0.2, 0.25) is 0 Å². The third-order valence-corrected chi connectivity index (χ3v) is 8.74. The fourth-order valence-corrected chi connectivity index (χ4v) is 5.56. The second-order valence-electron chi connectivity index (χ2n) is 12.7. The summed E-state index contributed by atoms with van der Waals surface area (Å²) in [6.45, 7) is 2.58. The average Bonchev–Trinajstić information content (AvgIpc) is 3.10. The van der Waals surface area contributed by atoms with E-state index in [9.17, 15) is 23.8 Å². The minimum absolute atomic E-state index is 0.147. The van der Waals surface area contributed by atoms with E-state index in [2.05, 4.69) is 67.0 Å². The van der Waals surface area contributed by atoms with Crippen LogP contribution in [0.5, 0.6) is 0 Å². The van der Waals surface area contributed by atoms with Gasteiger partial charge in [-0.15, -0.1) is 0 Å². The minimum Gasteiger partial charge on any atom is -0.480 e. The molecule has 0 rings (SSSR count). The Bertz CT molecular complexity index is 1060. The molecule has 0 aromatic carbocycles. The van der Waals surface area contributed by atoms with Crippen LogP contribution in [-0.4, -0.2) is 59.9 Å². The molecule has 0 amide bonds. The van der Waals surface area contributed by atoms with Gasteiger partial charge in [-0.2, -0.15) is 0 Å². The largest absolute Gasteiger partial charge is 0.480 e. The van der Waals surface area contributed by atoms with Gasteiger partial charge >= 0.3 is 25.7 Å². The summed E-state index contributed by atoms with van der Waals surface area (Å²) in [4.78, 5) is 45.7. The predicted octanol–water partition coefficient (Wildman–Crippen LogP) is 9.44. The first-order valence-corrected chi connectivity index (χ1v) is 20.7. The third kappa shape index (κ3) is 34.3. The smallest absolute Gasteiger partial charge is 0.472 e. The predicted molar refractivity (Wildman–Crippen MR) is 203 cm³/mol. The summed E-state index contributed by atoms with van der Waals surface area (Å²) in [6.07, 6.45) is 36.2. The first-order chi connectivity index (χ1) is 24.6. The molecule has 4 N–H and O–H groups in total. The molecule has 0 aromatic rings. The zero-order valence-corrected chi connectivity index (χ0v) is 32.3. The van der Waals surface area contributed by atoms with Crippen LogP contribution in [0.1, 0.15) is 149 Å². The number of nitrogens with two attached hydrogens (primary N) is 1. The Morgan fingerprint density at radius 1 is 0.627 bits per heavy atom. The molecule has 0 saturated carbocycles. The number of hydrogen-bond donors (Lipinski definition) is 3. The maximum atomic E-state index is 12.6. The number of phosphoric ester groups is 1. The van der Waals surface area contributed by atoms with E-state index < -0.39 is 51.1 Å². The van der Waals surface area contributed by atoms with Crippen LogP contribution in [0.3, 0.4) is 0 Å². The Kier molecular flexibility index (Phi) is 32.8. The van der Waals surface area contributed by atoms with Crippen LogP contribution in [0.4, 0.5) is 0 Å². The van der Waals surface area contributed by atoms with Gasteiger partial charge in [0, 0.05) is 12.8 Å². The molecular weight excluding hydrogens is 673 g/mol. The summed E-state index contributed by atoms with van der Waals surface area (Å²) < 4.78 is 32.5. The van der Waals surface area contributed by atoms with Gasteiger partial charge in [0.1, 0.15) is 12.6 Å². The third-order valence-electron chi connectivity index (χ3n) is 7.79. The number of esters is 2. The fraction of sp³-hybridized carbons (Fsp3) is 0.718. The standard InChI is InChI=1S/C39H68NO10P/c1-3-5-7-9-11-13-15-16-17-18-19-20-21-23-25-27-29-31-38(42)50-35(33-48-51(45,46)49-34-36(40)39(43)44)32-47-37(41)30-28-26-24-22-14-12-10-8-6-4-2/h5,7-8,10-11,13,16-17,35-36H,3-4,6,9,12,14-15,18-34,40H2,1-2H3,(H,43,44)(H,45,46)/b7-5-,10-8-,13-11-,17-16-. The van der Waals surface area contributed by atoms with E-state index in [1.54, 1.807) is 0 Å². The normalized spacial score (nSPS) is 14.4. The summed E-state index contributed by atoms with van der Waals surface area (Å²) in [5.74, 6) is -2.41. The van der Waals surface area contributed by atoms with Crippen molar-refractivity contribution in [3.05, 3.63) is 48.6 Å². The van der Waals surface area contributed by atoms with Crippen molar-refractivity contribution in [1.29, 1.82) is 0 Å². The number of phosphoric acid groups is 1. The molecule has 0 aliphatic carbocycles. The number of ether oxygens (including phenoxy) is 2. The number of rotatable bonds is 35. The van der Waals surface area contributed by atoms with E-state index in [-0.39, 0.29) is 19.4 Å². The molecule has 3 unspecified atom stereocenters. The van der Waals surface area contributed by atoms with Gasteiger partial charge in [0.15, 0.2) is 6.10 Å². The van der Waals surface area contributed by atoms with E-state index >= 15 is 0 Å². The highest BCUT2D eigenvalue weighted by Crippen LogP contribution is 2.43. The number of unbranched alkanes of at least 4 members (excludes halogenated alkanes) is 13. The van der Waals surface area contributed by atoms with Crippen molar-refractivity contribution < 1.29 is 47.5 Å². The summed E-state index contributed by atoms with van der Waals surface area (Å²) >= 11 is 0. The fourth-order valence-electron chi connectivity index (χ4n) is 4.79. The van der Waals surface area contributed by atoms with Crippen molar-refractivity contribution in [3.8, 4) is 0 Å². The van der Waals surface area contributed by atoms with E-state index in [0.717, 1.165) is 103 Å². The van der Waals surface area contributed by atoms with E-state index in [0.29, 0.717) is 12.8 Å². The van der Waals surface area contributed by atoms with Gasteiger partial charge in [0.05, 0.1) is 13.2 Å². The number of carboxylic acid groups (broad SMARTS) is 1. The van der Waals surface area contributed by atoms with Crippen molar-refractivity contribution in [2.75, 3.05) is 19.8 Å². The Hall–Kier alpha value is -2.56. The Morgan fingerprint density at radius 2 is 1.10 bits per heavy atom. The molecule has 0 aliphatic rings. The lowest BCUT2D eigenvalue weighted by Gasteiger charge is -2.20. The van der Waals surface area contributed by atoms with E-state index in [1.165, 1.54) is 6.42 Å². The molecule has 3 atom stereocenters. The minimum atomic E-state index is -4.71. The van der Waals surface area contributed by atoms with Crippen LogP contribution in [0.15, 0.2) is 48.6 Å². The van der Waals surface area contributed by atoms with Crippen LogP contribution >= 0.6 is 7.82 Å². The first kappa shape index (κ1) is 48.4. The molecule has 294 valence electrons. The van der Waals surface area contributed by atoms with Crippen molar-refractivity contribution in [3.63, 3.8) is 0 Å². The van der Waals surface area contributed by atoms with Crippen molar-refractivity contribution >= 4 is 25.7 Å². The number of carbonyl (C=O) groups is 3. The molecule has 0 spiro atoms. The highest BCUT2D eigenvalue weighted by Gasteiger charge is 2.28. The number of allylic oxidation sites excluding steroid dienone is 8. The second kappa shape index (κ2) is 34.5. The Morgan fingerprint density at radius 3 is 1.67 bits per heavy atom. The molecular formula is C39H68NO10P. The average molecular weight is 742 g/mol. The molecule has 0 aromatic heterocycles. The molecule has 51 heavy (non-hydrogen) atoms. The summed E-state index contributed by atoms with van der Waals surface area (Å²) in [5.41, 5.74) is 5.31. The number of carboxylic acids is 1. The lowest BCUT2D eigenvalue weighted by atomic mass is 10.1. The molecule has 0 radical (unpaired) electrons. The maximum absolute atomic E-state index is 12.6. The van der Waals surface area contributed by atoms with Gasteiger partial charge in [-0.05, 0) is 64.2 Å². The van der Waals surface area contributed by atoms with Crippen molar-refractivity contribution in [2.45, 2.75) is 161 Å². The van der Waals surface area contributed by atoms with Gasteiger partial charge in [-0.3, -0.25) is 23.4 Å². The monoisotopic (exact) mass is 741 g/mol. The van der Waals surface area contributed by atoms with Crippen LogP contribution in [0.25, 0.3) is 0 Å². The molecule has 11 nitrogen and oxygen atoms in total. The second-order valence-corrected chi connectivity index (χ2v) is 14.1. The van der Waals surface area contributed by atoms with Crippen molar-refractivity contribution in [2.24, 2.45) is 5.73 Å². The van der Waals surface area contributed by atoms with E-state index in [4.69, 9.17) is 24.8 Å². The quantitative estimate of drug-likeness (QED) is 0.0244. The highest BCUT2D eigenvalue weighted by molar-refractivity contribution is 7.47. The van der Waals surface area contributed by atoms with E-state index in [1.807, 2.05) is 0 Å². The zero-order valence-electron chi connectivity index (χ0n) is 31.4. The van der Waals surface area contributed by atoms with Crippen LogP contribution < -0.4 is 5.73 Å². The molecule has 0 saturated heterocycles. The van der Waals surface area contributed by atoms with Gasteiger partial charge in [-0.25, -0.2) is 4.57 Å². The summed E-state index contributed by atoms with van der Waals surface area (Å²) in [6, 6.07) is -1.52. The van der Waals surface area contributed by atoms with Gasteiger partial charge < -0.3 is 25.2 Å². The number of carbonyl (C=O) groups excluding carboxylic acids is 2. The summed E-state index contributed by atoms with van der Waals surface area (Å²) in [7, 11) is -4.71. The SMILES string of the molecule is CC/C=C\C/C=C\C/C=C\CCCCCCCCCC(=O)OC(COC(=O)CCCCCCC/C=C\CCC)COP(=O)(O)OCC(N)C(=O)O. The number of aliphatic carboxylic acids is 1. The topological polar surface area (TPSA) is 172 Å². The van der Waals surface area contributed by atoms with Crippen LogP contribution in [0, 0.1) is 0 Å². The molecule has 0 heterocycles. The summed E-state index contributed by atoms with van der Waals surface area (Å²) in [5, 5.41) is 8.85. The Balaban J connectivity index is 4.44. The van der Waals surface area contributed by atoms with Gasteiger partial charge in [-0.1, -0.05) is 120 Å². The molecule has 0 fully saturated rings. The maximum Gasteiger partial charge on any atom is 0.472 e. The Labute approximate surface area is 307 Å². The number of hydrogen-bond acceptors (Lipinski definition) is 9. The molecule has 0 bridgehead atoms. The lowest BCUT2D eigenvalue weighted by Crippen LogP contribution is -2.34. The van der Waals surface area contributed by atoms with Crippen molar-refractivity contribution in [1.82, 2.24) is 0 Å². The first-order valence-electron chi connectivity index (χ1n) is 19.2. The lowest BCUT2D eigenvalue weighted by molar-refractivity contribution is -0.161. The molecule has 0 aliphatic heterocycles. The highest BCUT2D eigenvalue weighted by atomic mass is 31.2. The zero-order chi connectivity index (χ0) is 37.8. The van der Waals surface area contributed by atoms with Crippen LogP contribution in [-0.2, 0) is 37.5 Å².